The van der Waals surface area contributed by atoms with Crippen LogP contribution in [0.15, 0.2) is 18.2 Å². The van der Waals surface area contributed by atoms with Gasteiger partial charge in [-0.2, -0.15) is 0 Å². The van der Waals surface area contributed by atoms with Gasteiger partial charge in [0.05, 0.1) is 17.6 Å². The van der Waals surface area contributed by atoms with Gasteiger partial charge in [-0.25, -0.2) is 0 Å². The highest BCUT2D eigenvalue weighted by molar-refractivity contribution is 5.64. The van der Waals surface area contributed by atoms with E-state index in [1.54, 1.807) is 24.0 Å². The quantitative estimate of drug-likeness (QED) is 0.582. The number of aliphatic hydroxyl groups excluding tert-OH is 2. The van der Waals surface area contributed by atoms with E-state index in [0.29, 0.717) is 24.3 Å². The molecule has 19 heavy (non-hydrogen) atoms. The molecule has 6 nitrogen and oxygen atoms in total. The van der Waals surface area contributed by atoms with E-state index in [1.807, 2.05) is 6.92 Å². The van der Waals surface area contributed by atoms with E-state index >= 15 is 0 Å². The number of benzene rings is 1. The number of rotatable bonds is 7. The van der Waals surface area contributed by atoms with E-state index in [4.69, 9.17) is 5.11 Å². The zero-order valence-corrected chi connectivity index (χ0v) is 11.2. The van der Waals surface area contributed by atoms with Gasteiger partial charge in [0, 0.05) is 19.2 Å². The lowest BCUT2D eigenvalue weighted by Gasteiger charge is -2.23. The van der Waals surface area contributed by atoms with Gasteiger partial charge in [-0.1, -0.05) is 13.0 Å². The summed E-state index contributed by atoms with van der Waals surface area (Å²) in [6.07, 6.45) is 0.0835. The van der Waals surface area contributed by atoms with Crippen LogP contribution < -0.4 is 4.90 Å². The molecule has 0 amide bonds. The van der Waals surface area contributed by atoms with Crippen LogP contribution >= 0.6 is 0 Å². The van der Waals surface area contributed by atoms with Gasteiger partial charge in [-0.3, -0.25) is 10.1 Å². The molecule has 0 spiro atoms. The van der Waals surface area contributed by atoms with Gasteiger partial charge in [0.25, 0.3) is 5.69 Å². The van der Waals surface area contributed by atoms with Crippen molar-refractivity contribution in [2.75, 3.05) is 24.6 Å². The molecule has 1 rings (SSSR count). The first-order valence-electron chi connectivity index (χ1n) is 6.33. The molecule has 0 aliphatic rings. The number of nitro benzene ring substituents is 1. The molecule has 0 aromatic heterocycles. The zero-order chi connectivity index (χ0) is 14.4. The number of anilines is 1. The smallest absolute Gasteiger partial charge is 0.292 e. The van der Waals surface area contributed by atoms with E-state index < -0.39 is 11.0 Å². The van der Waals surface area contributed by atoms with Gasteiger partial charge < -0.3 is 15.1 Å². The topological polar surface area (TPSA) is 86.8 Å². The number of hydrogen-bond acceptors (Lipinski definition) is 5. The van der Waals surface area contributed by atoms with Crippen molar-refractivity contribution in [2.45, 2.75) is 26.4 Å². The van der Waals surface area contributed by atoms with Crippen molar-refractivity contribution in [1.82, 2.24) is 0 Å². The summed E-state index contributed by atoms with van der Waals surface area (Å²) < 4.78 is 0. The van der Waals surface area contributed by atoms with Crippen LogP contribution in [-0.2, 0) is 0 Å². The van der Waals surface area contributed by atoms with Gasteiger partial charge in [-0.15, -0.1) is 0 Å². The Balaban J connectivity index is 3.20. The van der Waals surface area contributed by atoms with Crippen LogP contribution in [0.25, 0.3) is 0 Å². The highest BCUT2D eigenvalue weighted by Gasteiger charge is 2.20. The molecule has 0 aliphatic carbocycles. The normalized spacial score (nSPS) is 12.2. The molecule has 0 fully saturated rings. The Morgan fingerprint density at radius 1 is 1.42 bits per heavy atom. The summed E-state index contributed by atoms with van der Waals surface area (Å²) in [6, 6.07) is 4.69. The van der Waals surface area contributed by atoms with E-state index in [9.17, 15) is 15.2 Å². The van der Waals surface area contributed by atoms with Gasteiger partial charge in [0.2, 0.25) is 0 Å². The second-order valence-electron chi connectivity index (χ2n) is 4.39. The van der Waals surface area contributed by atoms with Crippen molar-refractivity contribution in [2.24, 2.45) is 0 Å². The maximum absolute atomic E-state index is 11.1. The van der Waals surface area contributed by atoms with Crippen LogP contribution in [0.2, 0.25) is 0 Å². The first-order valence-corrected chi connectivity index (χ1v) is 6.33. The SMILES string of the molecule is CCCN(CCO)c1ccc([C@H](C)O)cc1[N+](=O)[O-]. The third kappa shape index (κ3) is 3.90. The molecule has 106 valence electrons. The van der Waals surface area contributed by atoms with Crippen molar-refractivity contribution in [1.29, 1.82) is 0 Å². The fraction of sp³-hybridized carbons (Fsp3) is 0.538. The highest BCUT2D eigenvalue weighted by Crippen LogP contribution is 2.31. The fourth-order valence-corrected chi connectivity index (χ4v) is 1.96. The Kier molecular flexibility index (Phi) is 5.72. The fourth-order valence-electron chi connectivity index (χ4n) is 1.96. The van der Waals surface area contributed by atoms with E-state index in [-0.39, 0.29) is 12.3 Å². The maximum Gasteiger partial charge on any atom is 0.292 e. The Morgan fingerprint density at radius 2 is 2.11 bits per heavy atom. The molecule has 1 aromatic rings. The molecule has 1 aromatic carbocycles. The monoisotopic (exact) mass is 268 g/mol. The Labute approximate surface area is 112 Å². The second-order valence-corrected chi connectivity index (χ2v) is 4.39. The second kappa shape index (κ2) is 7.06. The van der Waals surface area contributed by atoms with E-state index in [1.165, 1.54) is 6.07 Å². The summed E-state index contributed by atoms with van der Waals surface area (Å²) in [7, 11) is 0. The standard InChI is InChI=1S/C13H20N2O4/c1-3-6-14(7-8-16)12-5-4-11(10(2)17)9-13(12)15(18)19/h4-5,9-10,16-17H,3,6-8H2,1-2H3/t10-/m0/s1. The van der Waals surface area contributed by atoms with E-state index in [2.05, 4.69) is 0 Å². The van der Waals surface area contributed by atoms with Crippen LogP contribution in [0.3, 0.4) is 0 Å². The molecule has 0 saturated heterocycles. The Morgan fingerprint density at radius 3 is 2.58 bits per heavy atom. The largest absolute Gasteiger partial charge is 0.395 e. The van der Waals surface area contributed by atoms with E-state index in [0.717, 1.165) is 6.42 Å². The molecule has 0 radical (unpaired) electrons. The molecule has 0 bridgehead atoms. The zero-order valence-electron chi connectivity index (χ0n) is 11.2. The van der Waals surface area contributed by atoms with Crippen LogP contribution in [0.4, 0.5) is 11.4 Å². The minimum Gasteiger partial charge on any atom is -0.395 e. The Hall–Kier alpha value is -1.66. The van der Waals surface area contributed by atoms with Gasteiger partial charge in [0.1, 0.15) is 5.69 Å². The predicted octanol–water partition coefficient (Wildman–Crippen LogP) is 1.86. The van der Waals surface area contributed by atoms with Crippen molar-refractivity contribution >= 4 is 11.4 Å². The number of nitrogens with zero attached hydrogens (tertiary/aromatic N) is 2. The van der Waals surface area contributed by atoms with Gasteiger partial charge in [0.15, 0.2) is 0 Å². The minimum atomic E-state index is -0.745. The molecule has 2 N–H and O–H groups in total. The number of hydrogen-bond donors (Lipinski definition) is 2. The third-order valence-electron chi connectivity index (χ3n) is 2.88. The number of aliphatic hydroxyl groups is 2. The minimum absolute atomic E-state index is 0.0414. The summed E-state index contributed by atoms with van der Waals surface area (Å²) in [5.41, 5.74) is 0.946. The summed E-state index contributed by atoms with van der Waals surface area (Å²) in [5, 5.41) is 29.7. The molecule has 0 heterocycles. The first kappa shape index (κ1) is 15.4. The molecular weight excluding hydrogens is 248 g/mol. The van der Waals surface area contributed by atoms with Crippen LogP contribution in [0, 0.1) is 10.1 Å². The van der Waals surface area contributed by atoms with Gasteiger partial charge in [-0.05, 0) is 25.0 Å². The summed E-state index contributed by atoms with van der Waals surface area (Å²) in [5.74, 6) is 0. The van der Waals surface area contributed by atoms with Crippen LogP contribution in [0.5, 0.6) is 0 Å². The van der Waals surface area contributed by atoms with Crippen molar-refractivity contribution in [3.05, 3.63) is 33.9 Å². The molecule has 0 aliphatic heterocycles. The van der Waals surface area contributed by atoms with Crippen molar-refractivity contribution < 1.29 is 15.1 Å². The number of nitro groups is 1. The summed E-state index contributed by atoms with van der Waals surface area (Å²) in [6.45, 7) is 4.46. The predicted molar refractivity (Wildman–Crippen MR) is 73.3 cm³/mol. The molecule has 1 atom stereocenters. The third-order valence-corrected chi connectivity index (χ3v) is 2.88. The van der Waals surface area contributed by atoms with Crippen molar-refractivity contribution in [3.63, 3.8) is 0 Å². The van der Waals surface area contributed by atoms with Crippen LogP contribution in [0.1, 0.15) is 31.9 Å². The summed E-state index contributed by atoms with van der Waals surface area (Å²) >= 11 is 0. The maximum atomic E-state index is 11.1. The average molecular weight is 268 g/mol. The lowest BCUT2D eigenvalue weighted by molar-refractivity contribution is -0.384. The van der Waals surface area contributed by atoms with Gasteiger partial charge >= 0.3 is 0 Å². The first-order chi connectivity index (χ1) is 9.01. The lowest BCUT2D eigenvalue weighted by atomic mass is 10.1. The highest BCUT2D eigenvalue weighted by atomic mass is 16.6. The molecular formula is C13H20N2O4. The molecule has 0 saturated carbocycles. The molecule has 0 unspecified atom stereocenters. The Bertz CT molecular complexity index is 429. The van der Waals surface area contributed by atoms with Crippen molar-refractivity contribution in [3.8, 4) is 0 Å². The lowest BCUT2D eigenvalue weighted by Crippen LogP contribution is -2.28. The summed E-state index contributed by atoms with van der Waals surface area (Å²) in [4.78, 5) is 12.5. The van der Waals surface area contributed by atoms with Crippen LogP contribution in [-0.4, -0.2) is 34.8 Å². The molecule has 6 heteroatoms. The average Bonchev–Trinajstić information content (AvgIpc) is 2.37.